The van der Waals surface area contributed by atoms with Gasteiger partial charge in [0.1, 0.15) is 6.07 Å². The van der Waals surface area contributed by atoms with Gasteiger partial charge in [0.2, 0.25) is 0 Å². The molecule has 1 aromatic rings. The Hall–Kier alpha value is -0.890. The Bertz CT molecular complexity index is 438. The first-order chi connectivity index (χ1) is 9.16. The number of thiophene rings is 1. The van der Waals surface area contributed by atoms with Crippen LogP contribution in [0.3, 0.4) is 0 Å². The van der Waals surface area contributed by atoms with Gasteiger partial charge in [0.25, 0.3) is 0 Å². The van der Waals surface area contributed by atoms with E-state index in [9.17, 15) is 0 Å². The molecule has 0 bridgehead atoms. The first-order valence-electron chi connectivity index (χ1n) is 7.02. The zero-order chi connectivity index (χ0) is 13.7. The van der Waals surface area contributed by atoms with E-state index in [2.05, 4.69) is 30.4 Å². The SMILES string of the molecule is CN(C)C1(CNCc2cc(C#N)cs2)CCCCC1. The number of hydrogen-bond donors (Lipinski definition) is 1. The highest BCUT2D eigenvalue weighted by molar-refractivity contribution is 7.10. The van der Waals surface area contributed by atoms with E-state index in [1.54, 1.807) is 11.3 Å². The molecule has 4 heteroatoms. The molecule has 2 rings (SSSR count). The first-order valence-corrected chi connectivity index (χ1v) is 7.90. The molecule has 1 saturated carbocycles. The van der Waals surface area contributed by atoms with Crippen molar-refractivity contribution in [1.29, 1.82) is 5.26 Å². The van der Waals surface area contributed by atoms with Gasteiger partial charge in [-0.2, -0.15) is 5.26 Å². The molecule has 0 saturated heterocycles. The molecule has 1 heterocycles. The summed E-state index contributed by atoms with van der Waals surface area (Å²) < 4.78 is 0. The summed E-state index contributed by atoms with van der Waals surface area (Å²) in [7, 11) is 4.40. The maximum absolute atomic E-state index is 8.82. The quantitative estimate of drug-likeness (QED) is 0.899. The molecule has 0 radical (unpaired) electrons. The highest BCUT2D eigenvalue weighted by atomic mass is 32.1. The summed E-state index contributed by atoms with van der Waals surface area (Å²) in [5.41, 5.74) is 1.11. The number of nitrogens with zero attached hydrogens (tertiary/aromatic N) is 2. The number of likely N-dealkylation sites (N-methyl/N-ethyl adjacent to an activating group) is 1. The number of hydrogen-bond acceptors (Lipinski definition) is 4. The van der Waals surface area contributed by atoms with Crippen LogP contribution >= 0.6 is 11.3 Å². The van der Waals surface area contributed by atoms with Gasteiger partial charge in [-0.05, 0) is 33.0 Å². The Balaban J connectivity index is 1.87. The molecule has 104 valence electrons. The Kier molecular flexibility index (Phi) is 4.98. The topological polar surface area (TPSA) is 39.1 Å². The molecule has 1 aromatic heterocycles. The summed E-state index contributed by atoms with van der Waals surface area (Å²) in [5, 5.41) is 14.3. The third-order valence-corrected chi connectivity index (χ3v) is 5.21. The highest BCUT2D eigenvalue weighted by Crippen LogP contribution is 2.31. The lowest BCUT2D eigenvalue weighted by atomic mass is 9.80. The molecule has 0 atom stereocenters. The largest absolute Gasteiger partial charge is 0.310 e. The fourth-order valence-electron chi connectivity index (χ4n) is 2.94. The van der Waals surface area contributed by atoms with Crippen LogP contribution in [0.4, 0.5) is 0 Å². The predicted octanol–water partition coefficient (Wildman–Crippen LogP) is 2.97. The summed E-state index contributed by atoms with van der Waals surface area (Å²) >= 11 is 1.67. The van der Waals surface area contributed by atoms with Gasteiger partial charge in [0.15, 0.2) is 0 Å². The van der Waals surface area contributed by atoms with Crippen molar-refractivity contribution >= 4 is 11.3 Å². The maximum atomic E-state index is 8.82. The van der Waals surface area contributed by atoms with E-state index in [0.29, 0.717) is 5.54 Å². The van der Waals surface area contributed by atoms with Crippen LogP contribution in [0.15, 0.2) is 11.4 Å². The third kappa shape index (κ3) is 3.56. The first kappa shape index (κ1) is 14.5. The van der Waals surface area contributed by atoms with Crippen LogP contribution in [-0.2, 0) is 6.54 Å². The zero-order valence-corrected chi connectivity index (χ0v) is 12.7. The lowest BCUT2D eigenvalue weighted by Gasteiger charge is -2.43. The maximum Gasteiger partial charge on any atom is 0.100 e. The van der Waals surface area contributed by atoms with Crippen LogP contribution < -0.4 is 5.32 Å². The van der Waals surface area contributed by atoms with Gasteiger partial charge >= 0.3 is 0 Å². The average molecular weight is 277 g/mol. The minimum atomic E-state index is 0.327. The fourth-order valence-corrected chi connectivity index (χ4v) is 3.72. The molecular formula is C15H23N3S. The number of rotatable bonds is 5. The lowest BCUT2D eigenvalue weighted by Crippen LogP contribution is -2.52. The normalized spacial score (nSPS) is 18.4. The summed E-state index contributed by atoms with van der Waals surface area (Å²) in [6, 6.07) is 4.17. The number of nitrogens with one attached hydrogen (secondary N) is 1. The van der Waals surface area contributed by atoms with Gasteiger partial charge in [-0.25, -0.2) is 0 Å². The van der Waals surface area contributed by atoms with Crippen LogP contribution in [-0.4, -0.2) is 31.1 Å². The smallest absolute Gasteiger partial charge is 0.100 e. The van der Waals surface area contributed by atoms with Crippen molar-refractivity contribution in [2.45, 2.75) is 44.2 Å². The Morgan fingerprint density at radius 3 is 2.68 bits per heavy atom. The summed E-state index contributed by atoms with van der Waals surface area (Å²) in [5.74, 6) is 0. The second-order valence-electron chi connectivity index (χ2n) is 5.70. The molecule has 19 heavy (non-hydrogen) atoms. The monoisotopic (exact) mass is 277 g/mol. The second-order valence-corrected chi connectivity index (χ2v) is 6.69. The van der Waals surface area contributed by atoms with E-state index in [1.165, 1.54) is 37.0 Å². The van der Waals surface area contributed by atoms with Crippen molar-refractivity contribution in [2.24, 2.45) is 0 Å². The average Bonchev–Trinajstić information content (AvgIpc) is 2.87. The van der Waals surface area contributed by atoms with Crippen LogP contribution in [0.1, 0.15) is 42.5 Å². The summed E-state index contributed by atoms with van der Waals surface area (Å²) in [4.78, 5) is 3.65. The van der Waals surface area contributed by atoms with Crippen LogP contribution in [0, 0.1) is 11.3 Å². The molecule has 0 unspecified atom stereocenters. The van der Waals surface area contributed by atoms with Gasteiger partial charge in [-0.1, -0.05) is 19.3 Å². The third-order valence-electron chi connectivity index (χ3n) is 4.27. The molecule has 1 aliphatic rings. The Morgan fingerprint density at radius 2 is 2.11 bits per heavy atom. The highest BCUT2D eigenvalue weighted by Gasteiger charge is 2.33. The van der Waals surface area contributed by atoms with Crippen molar-refractivity contribution in [2.75, 3.05) is 20.6 Å². The van der Waals surface area contributed by atoms with Crippen molar-refractivity contribution in [1.82, 2.24) is 10.2 Å². The van der Waals surface area contributed by atoms with Crippen LogP contribution in [0.2, 0.25) is 0 Å². The second kappa shape index (κ2) is 6.51. The van der Waals surface area contributed by atoms with E-state index >= 15 is 0 Å². The van der Waals surface area contributed by atoms with Gasteiger partial charge < -0.3 is 10.2 Å². The zero-order valence-electron chi connectivity index (χ0n) is 11.9. The molecule has 0 aromatic carbocycles. The molecule has 1 N–H and O–H groups in total. The van der Waals surface area contributed by atoms with Gasteiger partial charge in [-0.3, -0.25) is 0 Å². The van der Waals surface area contributed by atoms with E-state index < -0.39 is 0 Å². The molecule has 3 nitrogen and oxygen atoms in total. The summed E-state index contributed by atoms with van der Waals surface area (Å²) in [6.45, 7) is 1.92. The minimum Gasteiger partial charge on any atom is -0.310 e. The predicted molar refractivity (Wildman–Crippen MR) is 80.2 cm³/mol. The van der Waals surface area contributed by atoms with Crippen molar-refractivity contribution in [3.8, 4) is 6.07 Å². The Labute approximate surface area is 120 Å². The molecular weight excluding hydrogens is 254 g/mol. The molecule has 1 fully saturated rings. The molecule has 1 aliphatic carbocycles. The van der Waals surface area contributed by atoms with Crippen molar-refractivity contribution in [3.05, 3.63) is 21.9 Å². The minimum absolute atomic E-state index is 0.327. The van der Waals surface area contributed by atoms with Gasteiger partial charge in [-0.15, -0.1) is 11.3 Å². The molecule has 0 spiro atoms. The van der Waals surface area contributed by atoms with Crippen molar-refractivity contribution < 1.29 is 0 Å². The lowest BCUT2D eigenvalue weighted by molar-refractivity contribution is 0.0985. The van der Waals surface area contributed by atoms with E-state index in [0.717, 1.165) is 18.7 Å². The molecule has 0 aliphatic heterocycles. The van der Waals surface area contributed by atoms with Gasteiger partial charge in [0, 0.05) is 28.9 Å². The summed E-state index contributed by atoms with van der Waals surface area (Å²) in [6.07, 6.45) is 6.66. The van der Waals surface area contributed by atoms with Crippen molar-refractivity contribution in [3.63, 3.8) is 0 Å². The van der Waals surface area contributed by atoms with E-state index in [-0.39, 0.29) is 0 Å². The van der Waals surface area contributed by atoms with Gasteiger partial charge in [0.05, 0.1) is 5.56 Å². The molecule has 0 amide bonds. The standard InChI is InChI=1S/C15H23N3S/c1-18(2)15(6-4-3-5-7-15)12-17-10-14-8-13(9-16)11-19-14/h8,11,17H,3-7,10,12H2,1-2H3. The van der Waals surface area contributed by atoms with E-state index in [1.807, 2.05) is 11.4 Å². The number of nitriles is 1. The van der Waals surface area contributed by atoms with Crippen LogP contribution in [0.25, 0.3) is 0 Å². The van der Waals surface area contributed by atoms with Crippen LogP contribution in [0.5, 0.6) is 0 Å². The Morgan fingerprint density at radius 1 is 1.37 bits per heavy atom. The fraction of sp³-hybridized carbons (Fsp3) is 0.667. The van der Waals surface area contributed by atoms with E-state index in [4.69, 9.17) is 5.26 Å².